The van der Waals surface area contributed by atoms with Crippen LogP contribution >= 0.6 is 0 Å². The van der Waals surface area contributed by atoms with E-state index in [2.05, 4.69) is 4.98 Å². The second-order valence-corrected chi connectivity index (χ2v) is 4.70. The van der Waals surface area contributed by atoms with E-state index in [4.69, 9.17) is 4.74 Å². The minimum Gasteiger partial charge on any atom is -0.494 e. The standard InChI is InChI=1S/C15H18N2O4/c1-3-21-9-10(2)17-14(19)12(13(18)16-15(17)20)11-7-5-4-6-8-11/h4-8,10,19H,3,9H2,1-2H3,(H,16,18,20). The van der Waals surface area contributed by atoms with Crippen LogP contribution in [0.2, 0.25) is 0 Å². The van der Waals surface area contributed by atoms with Crippen LogP contribution in [0.1, 0.15) is 19.9 Å². The minimum atomic E-state index is -0.649. The molecule has 0 bridgehead atoms. The number of nitrogens with one attached hydrogen (secondary N) is 1. The van der Waals surface area contributed by atoms with E-state index in [0.717, 1.165) is 4.57 Å². The van der Waals surface area contributed by atoms with E-state index < -0.39 is 17.3 Å². The molecule has 0 spiro atoms. The Morgan fingerprint density at radius 1 is 1.29 bits per heavy atom. The molecule has 21 heavy (non-hydrogen) atoms. The fraction of sp³-hybridized carbons (Fsp3) is 0.333. The van der Waals surface area contributed by atoms with E-state index in [1.807, 2.05) is 13.0 Å². The topological polar surface area (TPSA) is 84.3 Å². The van der Waals surface area contributed by atoms with Crippen molar-refractivity contribution in [2.45, 2.75) is 19.9 Å². The van der Waals surface area contributed by atoms with Crippen LogP contribution in [0.3, 0.4) is 0 Å². The quantitative estimate of drug-likeness (QED) is 0.874. The second-order valence-electron chi connectivity index (χ2n) is 4.70. The first-order valence-corrected chi connectivity index (χ1v) is 6.77. The molecule has 6 nitrogen and oxygen atoms in total. The number of rotatable bonds is 5. The van der Waals surface area contributed by atoms with Gasteiger partial charge in [0, 0.05) is 6.61 Å². The van der Waals surface area contributed by atoms with Gasteiger partial charge in [-0.25, -0.2) is 4.79 Å². The van der Waals surface area contributed by atoms with Gasteiger partial charge in [-0.05, 0) is 19.4 Å². The Balaban J connectivity index is 2.59. The molecule has 1 aromatic carbocycles. The Morgan fingerprint density at radius 2 is 1.95 bits per heavy atom. The van der Waals surface area contributed by atoms with Gasteiger partial charge in [-0.3, -0.25) is 14.3 Å². The molecule has 0 radical (unpaired) electrons. The largest absolute Gasteiger partial charge is 0.494 e. The van der Waals surface area contributed by atoms with E-state index in [9.17, 15) is 14.7 Å². The van der Waals surface area contributed by atoms with Gasteiger partial charge in [-0.1, -0.05) is 30.3 Å². The van der Waals surface area contributed by atoms with Crippen molar-refractivity contribution in [2.75, 3.05) is 13.2 Å². The number of hydrogen-bond acceptors (Lipinski definition) is 4. The molecule has 112 valence electrons. The molecule has 1 heterocycles. The summed E-state index contributed by atoms with van der Waals surface area (Å²) in [7, 11) is 0. The first kappa shape index (κ1) is 15.1. The molecule has 1 unspecified atom stereocenters. The molecule has 0 amide bonds. The lowest BCUT2D eigenvalue weighted by molar-refractivity contribution is 0.114. The van der Waals surface area contributed by atoms with E-state index in [0.29, 0.717) is 12.2 Å². The van der Waals surface area contributed by atoms with Crippen molar-refractivity contribution in [3.8, 4) is 17.0 Å². The molecule has 2 rings (SSSR count). The third kappa shape index (κ3) is 3.05. The molecule has 2 N–H and O–H groups in total. The van der Waals surface area contributed by atoms with Gasteiger partial charge in [0.25, 0.3) is 5.56 Å². The van der Waals surface area contributed by atoms with Crippen molar-refractivity contribution in [1.29, 1.82) is 0 Å². The summed E-state index contributed by atoms with van der Waals surface area (Å²) in [6.07, 6.45) is 0. The number of H-pyrrole nitrogens is 1. The van der Waals surface area contributed by atoms with Crippen molar-refractivity contribution in [3.05, 3.63) is 51.2 Å². The lowest BCUT2D eigenvalue weighted by Crippen LogP contribution is -2.34. The molecular formula is C15H18N2O4. The average Bonchev–Trinajstić information content (AvgIpc) is 2.45. The highest BCUT2D eigenvalue weighted by atomic mass is 16.5. The predicted molar refractivity (Wildman–Crippen MR) is 79.6 cm³/mol. The average molecular weight is 290 g/mol. The fourth-order valence-electron chi connectivity index (χ4n) is 2.17. The smallest absolute Gasteiger partial charge is 0.331 e. The van der Waals surface area contributed by atoms with Crippen LogP contribution in [0.4, 0.5) is 0 Å². The molecule has 0 aliphatic heterocycles. The van der Waals surface area contributed by atoms with Gasteiger partial charge < -0.3 is 9.84 Å². The van der Waals surface area contributed by atoms with Gasteiger partial charge in [-0.15, -0.1) is 0 Å². The molecule has 0 aliphatic rings. The van der Waals surface area contributed by atoms with E-state index in [1.54, 1.807) is 31.2 Å². The van der Waals surface area contributed by atoms with Crippen molar-refractivity contribution in [3.63, 3.8) is 0 Å². The third-order valence-electron chi connectivity index (χ3n) is 3.18. The monoisotopic (exact) mass is 290 g/mol. The van der Waals surface area contributed by atoms with E-state index >= 15 is 0 Å². The zero-order valence-corrected chi connectivity index (χ0v) is 12.0. The van der Waals surface area contributed by atoms with Crippen LogP contribution in [0.5, 0.6) is 5.88 Å². The maximum atomic E-state index is 12.0. The number of aromatic nitrogens is 2. The summed E-state index contributed by atoms with van der Waals surface area (Å²) >= 11 is 0. The summed E-state index contributed by atoms with van der Waals surface area (Å²) in [5, 5.41) is 10.4. The predicted octanol–water partition coefficient (Wildman–Crippen LogP) is 1.51. The van der Waals surface area contributed by atoms with Gasteiger partial charge in [0.05, 0.1) is 12.6 Å². The number of aromatic amines is 1. The maximum Gasteiger partial charge on any atom is 0.331 e. The van der Waals surface area contributed by atoms with Gasteiger partial charge in [-0.2, -0.15) is 0 Å². The van der Waals surface area contributed by atoms with Crippen LogP contribution in [0, 0.1) is 0 Å². The Bertz CT molecular complexity index is 719. The van der Waals surface area contributed by atoms with Crippen molar-refractivity contribution < 1.29 is 9.84 Å². The Labute approximate surface area is 121 Å². The number of aromatic hydroxyl groups is 1. The van der Waals surface area contributed by atoms with Crippen molar-refractivity contribution in [1.82, 2.24) is 9.55 Å². The van der Waals surface area contributed by atoms with E-state index in [-0.39, 0.29) is 18.1 Å². The van der Waals surface area contributed by atoms with Crippen molar-refractivity contribution in [2.24, 2.45) is 0 Å². The Hall–Kier alpha value is -2.34. The first-order chi connectivity index (χ1) is 10.1. The second kappa shape index (κ2) is 6.41. The van der Waals surface area contributed by atoms with Gasteiger partial charge >= 0.3 is 5.69 Å². The van der Waals surface area contributed by atoms with Crippen LogP contribution in [0.25, 0.3) is 11.1 Å². The number of benzene rings is 1. The highest BCUT2D eigenvalue weighted by molar-refractivity contribution is 5.67. The van der Waals surface area contributed by atoms with E-state index in [1.165, 1.54) is 0 Å². The summed E-state index contributed by atoms with van der Waals surface area (Å²) in [5.41, 5.74) is -0.625. The SMILES string of the molecule is CCOCC(C)n1c(O)c(-c2ccccc2)c(=O)[nH]c1=O. The summed E-state index contributed by atoms with van der Waals surface area (Å²) in [6.45, 7) is 4.36. The van der Waals surface area contributed by atoms with Gasteiger partial charge in [0.1, 0.15) is 5.56 Å². The lowest BCUT2D eigenvalue weighted by atomic mass is 10.1. The first-order valence-electron chi connectivity index (χ1n) is 6.77. The zero-order chi connectivity index (χ0) is 15.4. The summed E-state index contributed by atoms with van der Waals surface area (Å²) in [5.74, 6) is -0.345. The van der Waals surface area contributed by atoms with Crippen LogP contribution in [-0.2, 0) is 4.74 Å². The molecule has 0 saturated heterocycles. The number of hydrogen-bond donors (Lipinski definition) is 2. The summed E-state index contributed by atoms with van der Waals surface area (Å²) in [6, 6.07) is 8.33. The fourth-order valence-corrected chi connectivity index (χ4v) is 2.17. The molecule has 0 aliphatic carbocycles. The number of nitrogens with zero attached hydrogens (tertiary/aromatic N) is 1. The maximum absolute atomic E-state index is 12.0. The molecule has 0 fully saturated rings. The van der Waals surface area contributed by atoms with Crippen molar-refractivity contribution >= 4 is 0 Å². The van der Waals surface area contributed by atoms with Crippen LogP contribution in [0.15, 0.2) is 39.9 Å². The Morgan fingerprint density at radius 3 is 2.57 bits per heavy atom. The summed E-state index contributed by atoms with van der Waals surface area (Å²) in [4.78, 5) is 26.2. The van der Waals surface area contributed by atoms with Gasteiger partial charge in [0.2, 0.25) is 5.88 Å². The molecule has 1 atom stereocenters. The zero-order valence-electron chi connectivity index (χ0n) is 12.0. The van der Waals surface area contributed by atoms with Gasteiger partial charge in [0.15, 0.2) is 0 Å². The van der Waals surface area contributed by atoms with Crippen LogP contribution < -0.4 is 11.2 Å². The minimum absolute atomic E-state index is 0.0820. The summed E-state index contributed by atoms with van der Waals surface area (Å²) < 4.78 is 6.41. The molecule has 6 heteroatoms. The Kier molecular flexibility index (Phi) is 4.59. The normalized spacial score (nSPS) is 12.3. The number of ether oxygens (including phenoxy) is 1. The molecule has 1 aromatic heterocycles. The molecular weight excluding hydrogens is 272 g/mol. The third-order valence-corrected chi connectivity index (χ3v) is 3.18. The highest BCUT2D eigenvalue weighted by Gasteiger charge is 2.19. The highest BCUT2D eigenvalue weighted by Crippen LogP contribution is 2.25. The van der Waals surface area contributed by atoms with Crippen LogP contribution in [-0.4, -0.2) is 27.9 Å². The molecule has 0 saturated carbocycles. The molecule has 2 aromatic rings. The lowest BCUT2D eigenvalue weighted by Gasteiger charge is -2.17.